The molecule has 0 aromatic heterocycles. The summed E-state index contributed by atoms with van der Waals surface area (Å²) in [5.41, 5.74) is -1.42. The Morgan fingerprint density at radius 3 is 2.50 bits per heavy atom. The van der Waals surface area contributed by atoms with Gasteiger partial charge in [-0.1, -0.05) is 45.1 Å². The van der Waals surface area contributed by atoms with Crippen molar-refractivity contribution in [3.63, 3.8) is 0 Å². The van der Waals surface area contributed by atoms with E-state index >= 15 is 0 Å². The van der Waals surface area contributed by atoms with Gasteiger partial charge >= 0.3 is 6.18 Å². The Hall–Kier alpha value is -1.76. The SMILES string of the molecule is CCSN1CCN(CCCCCCC(C)C(=O)Nc2ccc(C#N)c(C(F)(F)F)c2)CC1. The molecule has 1 aliphatic heterocycles. The lowest BCUT2D eigenvalue weighted by Gasteiger charge is -2.33. The number of benzene rings is 1. The number of piperazine rings is 1. The van der Waals surface area contributed by atoms with Crippen molar-refractivity contribution in [2.45, 2.75) is 52.1 Å². The first-order valence-corrected chi connectivity index (χ1v) is 12.2. The monoisotopic (exact) mass is 470 g/mol. The molecule has 1 atom stereocenters. The van der Waals surface area contributed by atoms with Crippen molar-refractivity contribution in [1.82, 2.24) is 9.21 Å². The minimum absolute atomic E-state index is 0.0607. The van der Waals surface area contributed by atoms with Crippen molar-refractivity contribution in [3.05, 3.63) is 29.3 Å². The van der Waals surface area contributed by atoms with Gasteiger partial charge in [0.2, 0.25) is 5.91 Å². The maximum absolute atomic E-state index is 13.1. The van der Waals surface area contributed by atoms with Crippen LogP contribution < -0.4 is 5.32 Å². The third-order valence-corrected chi connectivity index (χ3v) is 6.65. The van der Waals surface area contributed by atoms with Gasteiger partial charge < -0.3 is 10.2 Å². The van der Waals surface area contributed by atoms with Gasteiger partial charge in [-0.15, -0.1) is 0 Å². The van der Waals surface area contributed by atoms with Gasteiger partial charge in [0.25, 0.3) is 0 Å². The van der Waals surface area contributed by atoms with E-state index in [0.717, 1.165) is 76.3 Å². The Kier molecular flexibility index (Phi) is 10.8. The van der Waals surface area contributed by atoms with E-state index in [1.165, 1.54) is 12.1 Å². The van der Waals surface area contributed by atoms with Crippen LogP contribution in [0.25, 0.3) is 0 Å². The number of amides is 1. The van der Waals surface area contributed by atoms with Gasteiger partial charge in [-0.05, 0) is 37.6 Å². The summed E-state index contributed by atoms with van der Waals surface area (Å²) in [6.07, 6.45) is 0.269. The van der Waals surface area contributed by atoms with Crippen LogP contribution in [0.1, 0.15) is 57.1 Å². The van der Waals surface area contributed by atoms with Gasteiger partial charge in [-0.25, -0.2) is 4.31 Å². The van der Waals surface area contributed by atoms with E-state index in [-0.39, 0.29) is 17.5 Å². The predicted molar refractivity (Wildman–Crippen MR) is 123 cm³/mol. The van der Waals surface area contributed by atoms with E-state index in [2.05, 4.69) is 21.4 Å². The molecule has 0 radical (unpaired) electrons. The van der Waals surface area contributed by atoms with Crippen molar-refractivity contribution in [3.8, 4) is 6.07 Å². The van der Waals surface area contributed by atoms with Crippen LogP contribution in [0, 0.1) is 17.2 Å². The number of unbranched alkanes of at least 4 members (excludes halogenated alkanes) is 3. The zero-order valence-electron chi connectivity index (χ0n) is 18.9. The molecule has 178 valence electrons. The third kappa shape index (κ3) is 8.64. The maximum Gasteiger partial charge on any atom is 0.417 e. The van der Waals surface area contributed by atoms with Gasteiger partial charge in [0, 0.05) is 43.5 Å². The lowest BCUT2D eigenvalue weighted by atomic mass is 10.0. The molecule has 2 rings (SSSR count). The van der Waals surface area contributed by atoms with Crippen molar-refractivity contribution in [2.75, 3.05) is 43.8 Å². The first-order valence-electron chi connectivity index (χ1n) is 11.3. The summed E-state index contributed by atoms with van der Waals surface area (Å²) in [6.45, 7) is 9.56. The van der Waals surface area contributed by atoms with Crippen molar-refractivity contribution in [1.29, 1.82) is 5.26 Å². The Morgan fingerprint density at radius 2 is 1.88 bits per heavy atom. The highest BCUT2D eigenvalue weighted by molar-refractivity contribution is 7.96. The molecule has 1 unspecified atom stereocenters. The summed E-state index contributed by atoms with van der Waals surface area (Å²) in [4.78, 5) is 14.9. The maximum atomic E-state index is 13.1. The zero-order chi connectivity index (χ0) is 23.6. The summed E-state index contributed by atoms with van der Waals surface area (Å²) in [6, 6.07) is 4.78. The number of carbonyl (C=O) groups excluding carboxylic acids is 1. The molecule has 1 amide bonds. The Morgan fingerprint density at radius 1 is 1.19 bits per heavy atom. The third-order valence-electron chi connectivity index (χ3n) is 5.66. The molecule has 1 aliphatic rings. The standard InChI is InChI=1S/C23H33F3N4OS/c1-3-32-30-14-12-29(13-15-30)11-7-5-4-6-8-18(2)22(31)28-20-10-9-19(17-27)21(16-20)23(24,25)26/h9-10,16,18H,3-8,11-15H2,1-2H3,(H,28,31). The second-order valence-electron chi connectivity index (χ2n) is 8.15. The number of halogens is 3. The van der Waals surface area contributed by atoms with Crippen molar-refractivity contribution >= 4 is 23.5 Å². The molecular weight excluding hydrogens is 437 g/mol. The van der Waals surface area contributed by atoms with Crippen LogP contribution in [0.2, 0.25) is 0 Å². The Bertz CT molecular complexity index is 773. The van der Waals surface area contributed by atoms with Crippen LogP contribution in [0.5, 0.6) is 0 Å². The topological polar surface area (TPSA) is 59.4 Å². The number of hydrogen-bond donors (Lipinski definition) is 1. The minimum Gasteiger partial charge on any atom is -0.326 e. The molecule has 1 N–H and O–H groups in total. The molecule has 0 bridgehead atoms. The van der Waals surface area contributed by atoms with E-state index < -0.39 is 17.3 Å². The average Bonchev–Trinajstić information content (AvgIpc) is 2.76. The van der Waals surface area contributed by atoms with Gasteiger partial charge in [0.05, 0.1) is 17.2 Å². The summed E-state index contributed by atoms with van der Waals surface area (Å²) in [7, 11) is 0. The molecule has 0 aliphatic carbocycles. The fraction of sp³-hybridized carbons (Fsp3) is 0.652. The quantitative estimate of drug-likeness (QED) is 0.347. The molecular formula is C23H33F3N4OS. The second-order valence-corrected chi connectivity index (χ2v) is 9.50. The van der Waals surface area contributed by atoms with E-state index in [0.29, 0.717) is 6.42 Å². The minimum atomic E-state index is -4.64. The number of anilines is 1. The van der Waals surface area contributed by atoms with E-state index in [1.807, 2.05) is 11.9 Å². The highest BCUT2D eigenvalue weighted by Gasteiger charge is 2.34. The smallest absolute Gasteiger partial charge is 0.326 e. The highest BCUT2D eigenvalue weighted by atomic mass is 32.2. The number of nitriles is 1. The van der Waals surface area contributed by atoms with Crippen LogP contribution >= 0.6 is 11.9 Å². The molecule has 0 spiro atoms. The molecule has 9 heteroatoms. The number of rotatable bonds is 11. The molecule has 0 saturated carbocycles. The summed E-state index contributed by atoms with van der Waals surface area (Å²) < 4.78 is 41.7. The molecule has 1 heterocycles. The van der Waals surface area contributed by atoms with Gasteiger partial charge in [0.1, 0.15) is 0 Å². The fourth-order valence-electron chi connectivity index (χ4n) is 3.75. The van der Waals surface area contributed by atoms with Crippen LogP contribution in [0.15, 0.2) is 18.2 Å². The number of alkyl halides is 3. The molecule has 5 nitrogen and oxygen atoms in total. The van der Waals surface area contributed by atoms with Crippen LogP contribution in [0.3, 0.4) is 0 Å². The van der Waals surface area contributed by atoms with Gasteiger partial charge in [-0.2, -0.15) is 18.4 Å². The van der Waals surface area contributed by atoms with Crippen LogP contribution in [-0.4, -0.2) is 53.6 Å². The van der Waals surface area contributed by atoms with E-state index in [9.17, 15) is 18.0 Å². The number of nitrogens with one attached hydrogen (secondary N) is 1. The molecule has 1 aromatic carbocycles. The molecule has 1 aromatic rings. The lowest BCUT2D eigenvalue weighted by Crippen LogP contribution is -2.43. The average molecular weight is 471 g/mol. The summed E-state index contributed by atoms with van der Waals surface area (Å²) in [5.74, 6) is 0.535. The summed E-state index contributed by atoms with van der Waals surface area (Å²) in [5, 5.41) is 11.4. The second kappa shape index (κ2) is 13.1. The van der Waals surface area contributed by atoms with Gasteiger partial charge in [-0.3, -0.25) is 4.79 Å². The van der Waals surface area contributed by atoms with Crippen LogP contribution in [-0.2, 0) is 11.0 Å². The fourth-order valence-corrected chi connectivity index (χ4v) is 4.54. The Balaban J connectivity index is 1.65. The molecule has 32 heavy (non-hydrogen) atoms. The normalized spacial score (nSPS) is 16.5. The first kappa shape index (κ1) is 26.5. The van der Waals surface area contributed by atoms with Crippen molar-refractivity contribution < 1.29 is 18.0 Å². The van der Waals surface area contributed by atoms with Crippen LogP contribution in [0.4, 0.5) is 18.9 Å². The number of carbonyl (C=O) groups is 1. The number of nitrogens with zero attached hydrogens (tertiary/aromatic N) is 3. The molecule has 1 fully saturated rings. The first-order chi connectivity index (χ1) is 15.2. The summed E-state index contributed by atoms with van der Waals surface area (Å²) >= 11 is 1.91. The van der Waals surface area contributed by atoms with Crippen molar-refractivity contribution in [2.24, 2.45) is 5.92 Å². The predicted octanol–water partition coefficient (Wildman–Crippen LogP) is 5.39. The highest BCUT2D eigenvalue weighted by Crippen LogP contribution is 2.33. The Labute approximate surface area is 193 Å². The molecule has 1 saturated heterocycles. The zero-order valence-corrected chi connectivity index (χ0v) is 19.7. The lowest BCUT2D eigenvalue weighted by molar-refractivity contribution is -0.137. The van der Waals surface area contributed by atoms with E-state index in [4.69, 9.17) is 5.26 Å². The number of hydrogen-bond acceptors (Lipinski definition) is 5. The largest absolute Gasteiger partial charge is 0.417 e. The van der Waals surface area contributed by atoms with Gasteiger partial charge in [0.15, 0.2) is 0 Å². The van der Waals surface area contributed by atoms with E-state index in [1.54, 1.807) is 6.92 Å².